The first-order valence-electron chi connectivity index (χ1n) is 6.75. The van der Waals surface area contributed by atoms with Crippen molar-refractivity contribution >= 4 is 21.9 Å². The standard InChI is InChI=1S/C17H15N3/c1-10-3-5-12(6-4-10)14-7-13-8-16-17(9-15(13)20-14)19-11(2)18-16/h3-9,20H,1-2H3,(H,18,19). The number of aromatic nitrogens is 3. The fourth-order valence-corrected chi connectivity index (χ4v) is 2.65. The quantitative estimate of drug-likeness (QED) is 0.526. The van der Waals surface area contributed by atoms with Crippen LogP contribution in [0.1, 0.15) is 11.4 Å². The Morgan fingerprint density at radius 1 is 0.850 bits per heavy atom. The predicted molar refractivity (Wildman–Crippen MR) is 82.9 cm³/mol. The van der Waals surface area contributed by atoms with Gasteiger partial charge in [-0.15, -0.1) is 0 Å². The van der Waals surface area contributed by atoms with Crippen molar-refractivity contribution in [1.82, 2.24) is 15.0 Å². The summed E-state index contributed by atoms with van der Waals surface area (Å²) in [6, 6.07) is 15.0. The third-order valence-corrected chi connectivity index (χ3v) is 3.70. The van der Waals surface area contributed by atoms with Crippen LogP contribution in [0.3, 0.4) is 0 Å². The van der Waals surface area contributed by atoms with Crippen molar-refractivity contribution < 1.29 is 0 Å². The highest BCUT2D eigenvalue weighted by atomic mass is 14.9. The Labute approximate surface area is 116 Å². The van der Waals surface area contributed by atoms with Gasteiger partial charge in [-0.05, 0) is 37.6 Å². The number of benzene rings is 2. The lowest BCUT2D eigenvalue weighted by Crippen LogP contribution is -1.77. The normalized spacial score (nSPS) is 11.5. The molecule has 0 saturated carbocycles. The number of rotatable bonds is 1. The Bertz CT molecular complexity index is 860. The van der Waals surface area contributed by atoms with Gasteiger partial charge in [-0.1, -0.05) is 29.8 Å². The first-order chi connectivity index (χ1) is 9.69. The second kappa shape index (κ2) is 3.97. The fraction of sp³-hybridized carbons (Fsp3) is 0.118. The largest absolute Gasteiger partial charge is 0.354 e. The van der Waals surface area contributed by atoms with Crippen LogP contribution in [0.25, 0.3) is 33.2 Å². The third-order valence-electron chi connectivity index (χ3n) is 3.70. The lowest BCUT2D eigenvalue weighted by molar-refractivity contribution is 1.17. The summed E-state index contributed by atoms with van der Waals surface area (Å²) in [5, 5.41) is 1.21. The maximum Gasteiger partial charge on any atom is 0.104 e. The lowest BCUT2D eigenvalue weighted by Gasteiger charge is -1.97. The second-order valence-electron chi connectivity index (χ2n) is 5.33. The van der Waals surface area contributed by atoms with Crippen molar-refractivity contribution in [2.45, 2.75) is 13.8 Å². The molecule has 0 radical (unpaired) electrons. The number of nitrogens with one attached hydrogen (secondary N) is 2. The SMILES string of the molecule is Cc1ccc(-c2cc3cc4[nH]c(C)nc4cc3[nH]2)cc1. The molecule has 0 aliphatic carbocycles. The van der Waals surface area contributed by atoms with Gasteiger partial charge in [0.25, 0.3) is 0 Å². The van der Waals surface area contributed by atoms with Crippen LogP contribution >= 0.6 is 0 Å². The van der Waals surface area contributed by atoms with E-state index in [2.05, 4.69) is 64.3 Å². The van der Waals surface area contributed by atoms with Gasteiger partial charge in [-0.3, -0.25) is 0 Å². The molecule has 2 N–H and O–H groups in total. The maximum atomic E-state index is 4.48. The summed E-state index contributed by atoms with van der Waals surface area (Å²) >= 11 is 0. The molecule has 4 aromatic rings. The Morgan fingerprint density at radius 3 is 2.45 bits per heavy atom. The van der Waals surface area contributed by atoms with Gasteiger partial charge in [0.05, 0.1) is 11.0 Å². The van der Waals surface area contributed by atoms with E-state index in [0.717, 1.165) is 28.1 Å². The highest BCUT2D eigenvalue weighted by molar-refractivity contribution is 5.96. The Balaban J connectivity index is 1.91. The molecule has 0 amide bonds. The number of fused-ring (bicyclic) bond motifs is 2. The molecule has 3 heteroatoms. The first kappa shape index (κ1) is 11.3. The van der Waals surface area contributed by atoms with E-state index in [9.17, 15) is 0 Å². The number of hydrogen-bond acceptors (Lipinski definition) is 1. The summed E-state index contributed by atoms with van der Waals surface area (Å²) in [5.74, 6) is 0.950. The number of aryl methyl sites for hydroxylation is 2. The van der Waals surface area contributed by atoms with Gasteiger partial charge in [0.15, 0.2) is 0 Å². The van der Waals surface area contributed by atoms with Crippen LogP contribution in [-0.2, 0) is 0 Å². The molecular weight excluding hydrogens is 246 g/mol. The van der Waals surface area contributed by atoms with E-state index in [1.54, 1.807) is 0 Å². The van der Waals surface area contributed by atoms with Gasteiger partial charge >= 0.3 is 0 Å². The number of imidazole rings is 1. The molecule has 0 unspecified atom stereocenters. The van der Waals surface area contributed by atoms with Gasteiger partial charge in [0.1, 0.15) is 5.82 Å². The molecule has 0 spiro atoms. The van der Waals surface area contributed by atoms with E-state index in [0.29, 0.717) is 0 Å². The van der Waals surface area contributed by atoms with Gasteiger partial charge in [-0.25, -0.2) is 4.98 Å². The van der Waals surface area contributed by atoms with Crippen LogP contribution < -0.4 is 0 Å². The van der Waals surface area contributed by atoms with Crippen LogP contribution in [0.2, 0.25) is 0 Å². The lowest BCUT2D eigenvalue weighted by atomic mass is 10.1. The van der Waals surface area contributed by atoms with Crippen molar-refractivity contribution in [2.75, 3.05) is 0 Å². The molecule has 0 aliphatic rings. The van der Waals surface area contributed by atoms with Crippen molar-refractivity contribution in [1.29, 1.82) is 0 Å². The molecule has 0 atom stereocenters. The van der Waals surface area contributed by atoms with Crippen molar-refractivity contribution in [3.05, 3.63) is 53.9 Å². The zero-order chi connectivity index (χ0) is 13.7. The molecule has 2 aromatic carbocycles. The molecule has 4 rings (SSSR count). The molecule has 0 aliphatic heterocycles. The molecule has 0 bridgehead atoms. The number of H-pyrrole nitrogens is 2. The maximum absolute atomic E-state index is 4.48. The van der Waals surface area contributed by atoms with E-state index in [4.69, 9.17) is 0 Å². The minimum absolute atomic E-state index is 0.950. The summed E-state index contributed by atoms with van der Waals surface area (Å²) < 4.78 is 0. The van der Waals surface area contributed by atoms with E-state index in [-0.39, 0.29) is 0 Å². The first-order valence-corrected chi connectivity index (χ1v) is 6.75. The van der Waals surface area contributed by atoms with Gasteiger partial charge < -0.3 is 9.97 Å². The van der Waals surface area contributed by atoms with Crippen LogP contribution in [-0.4, -0.2) is 15.0 Å². The summed E-state index contributed by atoms with van der Waals surface area (Å²) in [6.07, 6.45) is 0. The van der Waals surface area contributed by atoms with Crippen molar-refractivity contribution in [3.8, 4) is 11.3 Å². The van der Waals surface area contributed by atoms with Crippen LogP contribution in [0.4, 0.5) is 0 Å². The predicted octanol–water partition coefficient (Wildman–Crippen LogP) is 4.33. The zero-order valence-corrected chi connectivity index (χ0v) is 11.5. The molecule has 3 nitrogen and oxygen atoms in total. The number of nitrogens with zero attached hydrogens (tertiary/aromatic N) is 1. The average molecular weight is 261 g/mol. The van der Waals surface area contributed by atoms with Crippen LogP contribution in [0, 0.1) is 13.8 Å². The number of hydrogen-bond donors (Lipinski definition) is 2. The Hall–Kier alpha value is -2.55. The number of aromatic amines is 2. The summed E-state index contributed by atoms with van der Waals surface area (Å²) in [5.41, 5.74) is 6.85. The molecule has 2 heterocycles. The third kappa shape index (κ3) is 1.71. The smallest absolute Gasteiger partial charge is 0.104 e. The molecular formula is C17H15N3. The second-order valence-corrected chi connectivity index (χ2v) is 5.33. The Morgan fingerprint density at radius 2 is 1.65 bits per heavy atom. The van der Waals surface area contributed by atoms with E-state index in [1.165, 1.54) is 16.5 Å². The van der Waals surface area contributed by atoms with E-state index >= 15 is 0 Å². The van der Waals surface area contributed by atoms with E-state index in [1.807, 2.05) is 6.92 Å². The van der Waals surface area contributed by atoms with Gasteiger partial charge in [0.2, 0.25) is 0 Å². The summed E-state index contributed by atoms with van der Waals surface area (Å²) in [4.78, 5) is 11.2. The topological polar surface area (TPSA) is 44.5 Å². The monoisotopic (exact) mass is 261 g/mol. The minimum Gasteiger partial charge on any atom is -0.354 e. The molecule has 0 saturated heterocycles. The van der Waals surface area contributed by atoms with E-state index < -0.39 is 0 Å². The van der Waals surface area contributed by atoms with Crippen molar-refractivity contribution in [3.63, 3.8) is 0 Å². The summed E-state index contributed by atoms with van der Waals surface area (Å²) in [6.45, 7) is 4.08. The summed E-state index contributed by atoms with van der Waals surface area (Å²) in [7, 11) is 0. The van der Waals surface area contributed by atoms with Gasteiger partial charge in [0, 0.05) is 16.6 Å². The molecule has 98 valence electrons. The molecule has 0 fully saturated rings. The highest BCUT2D eigenvalue weighted by Crippen LogP contribution is 2.27. The Kier molecular flexibility index (Phi) is 2.24. The van der Waals surface area contributed by atoms with Crippen LogP contribution in [0.15, 0.2) is 42.5 Å². The zero-order valence-electron chi connectivity index (χ0n) is 11.5. The fourth-order valence-electron chi connectivity index (χ4n) is 2.65. The van der Waals surface area contributed by atoms with Crippen molar-refractivity contribution in [2.24, 2.45) is 0 Å². The highest BCUT2D eigenvalue weighted by Gasteiger charge is 2.06. The average Bonchev–Trinajstić information content (AvgIpc) is 2.97. The minimum atomic E-state index is 0.950. The van der Waals surface area contributed by atoms with Gasteiger partial charge in [-0.2, -0.15) is 0 Å². The van der Waals surface area contributed by atoms with Crippen LogP contribution in [0.5, 0.6) is 0 Å². The molecule has 20 heavy (non-hydrogen) atoms. The molecule has 2 aromatic heterocycles.